The van der Waals surface area contributed by atoms with Gasteiger partial charge in [0, 0.05) is 42.9 Å². The number of H-pyrrole nitrogens is 1. The fraction of sp³-hybridized carbons (Fsp3) is 0.333. The molecule has 5 rings (SSSR count). The molecule has 198 valence electrons. The maximum atomic E-state index is 13.4. The maximum absolute atomic E-state index is 13.4. The third-order valence-corrected chi connectivity index (χ3v) is 7.20. The van der Waals surface area contributed by atoms with E-state index in [1.807, 2.05) is 37.3 Å². The summed E-state index contributed by atoms with van der Waals surface area (Å²) >= 11 is 3.46. The summed E-state index contributed by atoms with van der Waals surface area (Å²) in [6.45, 7) is 11.5. The highest BCUT2D eigenvalue weighted by atomic mass is 79.9. The van der Waals surface area contributed by atoms with Gasteiger partial charge in [0.15, 0.2) is 5.69 Å². The zero-order valence-electron chi connectivity index (χ0n) is 21.7. The number of hydrogen-bond acceptors (Lipinski definition) is 6. The van der Waals surface area contributed by atoms with E-state index in [0.29, 0.717) is 11.6 Å². The largest absolute Gasteiger partial charge is 0.369 e. The zero-order valence-corrected chi connectivity index (χ0v) is 23.2. The van der Waals surface area contributed by atoms with E-state index in [9.17, 15) is 9.59 Å². The van der Waals surface area contributed by atoms with Crippen LogP contribution in [0.15, 0.2) is 47.2 Å². The van der Waals surface area contributed by atoms with Crippen LogP contribution in [0.1, 0.15) is 40.4 Å². The molecule has 0 radical (unpaired) electrons. The number of rotatable bonds is 7. The van der Waals surface area contributed by atoms with Gasteiger partial charge in [0.05, 0.1) is 16.7 Å². The van der Waals surface area contributed by atoms with E-state index in [1.165, 1.54) is 6.33 Å². The predicted molar refractivity (Wildman–Crippen MR) is 152 cm³/mol. The molecule has 10 nitrogen and oxygen atoms in total. The second kappa shape index (κ2) is 10.6. The average molecular weight is 580 g/mol. The Kier molecular flexibility index (Phi) is 7.22. The van der Waals surface area contributed by atoms with E-state index >= 15 is 0 Å². The van der Waals surface area contributed by atoms with E-state index in [4.69, 9.17) is 5.73 Å². The molecule has 0 saturated carbocycles. The first kappa shape index (κ1) is 25.9. The van der Waals surface area contributed by atoms with Crippen molar-refractivity contribution in [2.45, 2.75) is 20.8 Å². The lowest BCUT2D eigenvalue weighted by atomic mass is 10.1. The van der Waals surface area contributed by atoms with Crippen molar-refractivity contribution in [1.29, 1.82) is 0 Å². The summed E-state index contributed by atoms with van der Waals surface area (Å²) in [4.78, 5) is 42.3. The SMILES string of the molecule is Cc1ccc(Br)cc1-n1cnc(C(N)=O)c1C(=O)Nc1nc2cc(N3CCN(CC(C)C)CC3)ccc2[nH]1. The number of aromatic nitrogens is 4. The summed E-state index contributed by atoms with van der Waals surface area (Å²) in [6, 6.07) is 11.7. The minimum Gasteiger partial charge on any atom is -0.369 e. The lowest BCUT2D eigenvalue weighted by molar-refractivity contribution is 0.0970. The highest BCUT2D eigenvalue weighted by Crippen LogP contribution is 2.26. The lowest BCUT2D eigenvalue weighted by Gasteiger charge is -2.36. The van der Waals surface area contributed by atoms with Crippen molar-refractivity contribution < 1.29 is 9.59 Å². The molecule has 1 saturated heterocycles. The molecule has 2 amide bonds. The van der Waals surface area contributed by atoms with Gasteiger partial charge in [-0.25, -0.2) is 9.97 Å². The molecule has 0 bridgehead atoms. The molecular weight excluding hydrogens is 548 g/mol. The van der Waals surface area contributed by atoms with Crippen LogP contribution in [0.3, 0.4) is 0 Å². The van der Waals surface area contributed by atoms with Crippen LogP contribution in [0.5, 0.6) is 0 Å². The van der Waals surface area contributed by atoms with Gasteiger partial charge in [0.1, 0.15) is 12.0 Å². The summed E-state index contributed by atoms with van der Waals surface area (Å²) in [7, 11) is 0. The summed E-state index contributed by atoms with van der Waals surface area (Å²) in [5.74, 6) is -0.398. The van der Waals surface area contributed by atoms with E-state index in [0.717, 1.165) is 59.5 Å². The van der Waals surface area contributed by atoms with Crippen molar-refractivity contribution >= 4 is 50.4 Å². The number of nitrogens with two attached hydrogens (primary N) is 1. The molecule has 1 aliphatic heterocycles. The van der Waals surface area contributed by atoms with Crippen LogP contribution in [0.4, 0.5) is 11.6 Å². The molecular formula is C27H31BrN8O2. The van der Waals surface area contributed by atoms with Crippen LogP contribution in [0.2, 0.25) is 0 Å². The molecule has 1 fully saturated rings. The Morgan fingerprint density at radius 1 is 1.13 bits per heavy atom. The standard InChI is InChI=1S/C27H31BrN8O2/c1-16(2)14-34-8-10-35(11-9-34)19-6-7-20-21(13-19)32-27(31-20)33-26(38)24-23(25(29)37)30-15-36(24)22-12-18(28)5-4-17(22)3/h4-7,12-13,15-16H,8-11,14H2,1-3H3,(H2,29,37)(H2,31,32,33,38). The molecule has 2 aromatic heterocycles. The van der Waals surface area contributed by atoms with Crippen molar-refractivity contribution in [1.82, 2.24) is 24.4 Å². The second-order valence-electron chi connectivity index (χ2n) is 10.0. The zero-order chi connectivity index (χ0) is 27.0. The number of fused-ring (bicyclic) bond motifs is 1. The fourth-order valence-corrected chi connectivity index (χ4v) is 5.24. The summed E-state index contributed by atoms with van der Waals surface area (Å²) in [5.41, 5.74) is 9.73. The van der Waals surface area contributed by atoms with Crippen molar-refractivity contribution in [3.63, 3.8) is 0 Å². The summed E-state index contributed by atoms with van der Waals surface area (Å²) in [6.07, 6.45) is 1.43. The number of carbonyl (C=O) groups is 2. The molecule has 0 unspecified atom stereocenters. The van der Waals surface area contributed by atoms with E-state index in [2.05, 4.69) is 65.9 Å². The van der Waals surface area contributed by atoms with Gasteiger partial charge in [0.2, 0.25) is 5.95 Å². The lowest BCUT2D eigenvalue weighted by Crippen LogP contribution is -2.47. The quantitative estimate of drug-likeness (QED) is 0.305. The van der Waals surface area contributed by atoms with Gasteiger partial charge < -0.3 is 15.6 Å². The maximum Gasteiger partial charge on any atom is 0.277 e. The number of amides is 2. The minimum absolute atomic E-state index is 0.0408. The van der Waals surface area contributed by atoms with Crippen molar-refractivity contribution in [3.05, 3.63) is 64.1 Å². The van der Waals surface area contributed by atoms with E-state index in [1.54, 1.807) is 4.57 Å². The molecule has 0 spiro atoms. The normalized spacial score (nSPS) is 14.4. The number of primary amides is 1. The number of hydrogen-bond donors (Lipinski definition) is 3. The Morgan fingerprint density at radius 2 is 1.89 bits per heavy atom. The molecule has 0 atom stereocenters. The Bertz CT molecular complexity index is 1500. The molecule has 0 aliphatic carbocycles. The van der Waals surface area contributed by atoms with Gasteiger partial charge in [-0.2, -0.15) is 0 Å². The summed E-state index contributed by atoms with van der Waals surface area (Å²) in [5, 5.41) is 2.79. The first-order valence-corrected chi connectivity index (χ1v) is 13.4. The molecule has 11 heteroatoms. The Morgan fingerprint density at radius 3 is 2.61 bits per heavy atom. The minimum atomic E-state index is -0.788. The van der Waals surface area contributed by atoms with E-state index in [-0.39, 0.29) is 17.3 Å². The molecule has 4 N–H and O–H groups in total. The predicted octanol–water partition coefficient (Wildman–Crippen LogP) is 3.95. The van der Waals surface area contributed by atoms with Crippen molar-refractivity contribution in [2.24, 2.45) is 11.7 Å². The van der Waals surface area contributed by atoms with Gasteiger partial charge >= 0.3 is 0 Å². The first-order valence-electron chi connectivity index (χ1n) is 12.6. The Balaban J connectivity index is 1.38. The van der Waals surface area contributed by atoms with Crippen LogP contribution in [0, 0.1) is 12.8 Å². The van der Waals surface area contributed by atoms with Crippen molar-refractivity contribution in [3.8, 4) is 5.69 Å². The highest BCUT2D eigenvalue weighted by Gasteiger charge is 2.25. The number of carbonyl (C=O) groups excluding carboxylic acids is 2. The number of nitrogens with zero attached hydrogens (tertiary/aromatic N) is 5. The Hall–Kier alpha value is -3.70. The van der Waals surface area contributed by atoms with Crippen LogP contribution < -0.4 is 16.0 Å². The highest BCUT2D eigenvalue weighted by molar-refractivity contribution is 9.10. The van der Waals surface area contributed by atoms with Crippen LogP contribution in [-0.2, 0) is 0 Å². The van der Waals surface area contributed by atoms with Gasteiger partial charge in [-0.05, 0) is 48.7 Å². The molecule has 3 heterocycles. The number of piperazine rings is 1. The van der Waals surface area contributed by atoms with Crippen LogP contribution >= 0.6 is 15.9 Å². The smallest absolute Gasteiger partial charge is 0.277 e. The molecule has 2 aromatic carbocycles. The third kappa shape index (κ3) is 5.30. The molecule has 38 heavy (non-hydrogen) atoms. The number of aromatic amines is 1. The number of benzene rings is 2. The van der Waals surface area contributed by atoms with Crippen LogP contribution in [0.25, 0.3) is 16.7 Å². The van der Waals surface area contributed by atoms with Gasteiger partial charge in [-0.1, -0.05) is 35.8 Å². The van der Waals surface area contributed by atoms with Gasteiger partial charge in [-0.15, -0.1) is 0 Å². The summed E-state index contributed by atoms with van der Waals surface area (Å²) < 4.78 is 2.39. The number of halogens is 1. The molecule has 1 aliphatic rings. The van der Waals surface area contributed by atoms with Crippen molar-refractivity contribution in [2.75, 3.05) is 42.9 Å². The number of anilines is 2. The third-order valence-electron chi connectivity index (χ3n) is 6.71. The monoisotopic (exact) mass is 578 g/mol. The number of aryl methyl sites for hydroxylation is 1. The Labute approximate surface area is 229 Å². The second-order valence-corrected chi connectivity index (χ2v) is 10.9. The van der Waals surface area contributed by atoms with Crippen LogP contribution in [-0.4, -0.2) is 69.0 Å². The topological polar surface area (TPSA) is 125 Å². The fourth-order valence-electron chi connectivity index (χ4n) is 4.89. The first-order chi connectivity index (χ1) is 18.2. The molecule has 4 aromatic rings. The van der Waals surface area contributed by atoms with E-state index < -0.39 is 11.8 Å². The number of nitrogens with one attached hydrogen (secondary N) is 2. The average Bonchev–Trinajstić information content (AvgIpc) is 3.49. The number of imidazole rings is 2. The van der Waals surface area contributed by atoms with Gasteiger partial charge in [0.25, 0.3) is 11.8 Å². The van der Waals surface area contributed by atoms with Gasteiger partial charge in [-0.3, -0.25) is 24.4 Å².